The van der Waals surface area contributed by atoms with Crippen LogP contribution in [0.15, 0.2) is 45.9 Å². The third-order valence-corrected chi connectivity index (χ3v) is 2.91. The van der Waals surface area contributed by atoms with Gasteiger partial charge in [0.2, 0.25) is 0 Å². The van der Waals surface area contributed by atoms with Gasteiger partial charge in [-0.25, -0.2) is 4.21 Å². The van der Waals surface area contributed by atoms with Crippen molar-refractivity contribution < 1.29 is 13.3 Å². The molecule has 1 heterocycles. The van der Waals surface area contributed by atoms with Gasteiger partial charge >= 0.3 is 0 Å². The van der Waals surface area contributed by atoms with Gasteiger partial charge in [0.1, 0.15) is 5.76 Å². The summed E-state index contributed by atoms with van der Waals surface area (Å²) in [7, 11) is 0. The van der Waals surface area contributed by atoms with Crippen LogP contribution in [0.25, 0.3) is 0 Å². The van der Waals surface area contributed by atoms with Crippen molar-refractivity contribution >= 4 is 11.1 Å². The molecule has 1 N–H and O–H groups in total. The van der Waals surface area contributed by atoms with E-state index in [1.807, 2.05) is 12.1 Å². The molecule has 4 nitrogen and oxygen atoms in total. The Morgan fingerprint density at radius 3 is 2.88 bits per heavy atom. The monoisotopic (exact) mass is 237 g/mol. The standard InChI is InChI=1S/C11H11NO3S/c13-16(14)11-3-1-2-9(8-11)4-5-10-6-7-12-15-10/h1-3,6-8H,4-5H2,(H,13,14). The van der Waals surface area contributed by atoms with Crippen LogP contribution in [0.4, 0.5) is 0 Å². The van der Waals surface area contributed by atoms with Crippen molar-refractivity contribution in [2.45, 2.75) is 17.7 Å². The molecule has 1 aromatic heterocycles. The summed E-state index contributed by atoms with van der Waals surface area (Å²) in [6, 6.07) is 8.88. The molecular formula is C11H11NO3S. The van der Waals surface area contributed by atoms with Gasteiger partial charge in [0, 0.05) is 12.5 Å². The lowest BCUT2D eigenvalue weighted by atomic mass is 10.1. The number of aryl methyl sites for hydroxylation is 2. The first-order valence-electron chi connectivity index (χ1n) is 4.85. The Bertz CT molecular complexity index is 482. The summed E-state index contributed by atoms with van der Waals surface area (Å²) >= 11 is -1.92. The second kappa shape index (κ2) is 5.05. The summed E-state index contributed by atoms with van der Waals surface area (Å²) < 4.78 is 24.8. The van der Waals surface area contributed by atoms with Crippen molar-refractivity contribution in [1.82, 2.24) is 5.16 Å². The normalized spacial score (nSPS) is 12.6. The molecule has 5 heteroatoms. The first-order chi connectivity index (χ1) is 7.75. The Morgan fingerprint density at radius 1 is 1.31 bits per heavy atom. The predicted octanol–water partition coefficient (Wildman–Crippen LogP) is 2.04. The summed E-state index contributed by atoms with van der Waals surface area (Å²) in [6.45, 7) is 0. The van der Waals surface area contributed by atoms with E-state index in [4.69, 9.17) is 9.08 Å². The molecule has 0 aliphatic rings. The van der Waals surface area contributed by atoms with E-state index in [9.17, 15) is 4.21 Å². The number of hydrogen-bond donors (Lipinski definition) is 1. The minimum atomic E-state index is -1.92. The van der Waals surface area contributed by atoms with Crippen LogP contribution in [-0.2, 0) is 23.9 Å². The van der Waals surface area contributed by atoms with Gasteiger partial charge in [-0.15, -0.1) is 0 Å². The number of benzene rings is 1. The zero-order chi connectivity index (χ0) is 11.4. The molecule has 0 bridgehead atoms. The number of aromatic nitrogens is 1. The molecule has 0 aliphatic heterocycles. The molecule has 0 amide bonds. The molecule has 0 saturated carbocycles. The molecular weight excluding hydrogens is 226 g/mol. The first kappa shape index (κ1) is 11.0. The molecule has 1 atom stereocenters. The summed E-state index contributed by atoms with van der Waals surface area (Å²) in [6.07, 6.45) is 3.11. The topological polar surface area (TPSA) is 63.3 Å². The Hall–Kier alpha value is -1.46. The van der Waals surface area contributed by atoms with E-state index >= 15 is 0 Å². The van der Waals surface area contributed by atoms with Crippen LogP contribution in [-0.4, -0.2) is 13.9 Å². The molecule has 0 radical (unpaired) electrons. The van der Waals surface area contributed by atoms with Crippen molar-refractivity contribution in [2.24, 2.45) is 0 Å². The second-order valence-corrected chi connectivity index (χ2v) is 4.35. The van der Waals surface area contributed by atoms with Crippen LogP contribution in [0.1, 0.15) is 11.3 Å². The summed E-state index contributed by atoms with van der Waals surface area (Å²) in [5.41, 5.74) is 1.01. The molecule has 1 unspecified atom stereocenters. The first-order valence-corrected chi connectivity index (χ1v) is 5.96. The maximum Gasteiger partial charge on any atom is 0.186 e. The smallest absolute Gasteiger partial charge is 0.186 e. The predicted molar refractivity (Wildman–Crippen MR) is 59.4 cm³/mol. The van der Waals surface area contributed by atoms with Crippen molar-refractivity contribution in [1.29, 1.82) is 0 Å². The van der Waals surface area contributed by atoms with E-state index in [1.54, 1.807) is 24.4 Å². The van der Waals surface area contributed by atoms with Gasteiger partial charge in [0.05, 0.1) is 11.1 Å². The summed E-state index contributed by atoms with van der Waals surface area (Å²) in [5, 5.41) is 3.62. The second-order valence-electron chi connectivity index (χ2n) is 3.38. The van der Waals surface area contributed by atoms with E-state index in [0.717, 1.165) is 24.2 Å². The minimum Gasteiger partial charge on any atom is -0.361 e. The fourth-order valence-electron chi connectivity index (χ4n) is 1.45. The Kier molecular flexibility index (Phi) is 3.48. The lowest BCUT2D eigenvalue weighted by Crippen LogP contribution is -1.93. The van der Waals surface area contributed by atoms with Crippen molar-refractivity contribution in [3.8, 4) is 0 Å². The average molecular weight is 237 g/mol. The zero-order valence-corrected chi connectivity index (χ0v) is 9.31. The van der Waals surface area contributed by atoms with Crippen LogP contribution >= 0.6 is 0 Å². The highest BCUT2D eigenvalue weighted by molar-refractivity contribution is 7.79. The van der Waals surface area contributed by atoms with Crippen LogP contribution in [0.5, 0.6) is 0 Å². The lowest BCUT2D eigenvalue weighted by molar-refractivity contribution is 0.383. The Labute approximate surface area is 95.6 Å². The van der Waals surface area contributed by atoms with Crippen LogP contribution < -0.4 is 0 Å². The van der Waals surface area contributed by atoms with E-state index in [1.165, 1.54) is 0 Å². The molecule has 1 aromatic carbocycles. The fourth-order valence-corrected chi connectivity index (χ4v) is 1.90. The summed E-state index contributed by atoms with van der Waals surface area (Å²) in [5.74, 6) is 0.815. The molecule has 2 rings (SSSR count). The van der Waals surface area contributed by atoms with Crippen LogP contribution in [0.2, 0.25) is 0 Å². The van der Waals surface area contributed by atoms with Crippen molar-refractivity contribution in [3.63, 3.8) is 0 Å². The fraction of sp³-hybridized carbons (Fsp3) is 0.182. The molecule has 0 saturated heterocycles. The van der Waals surface area contributed by atoms with Gasteiger partial charge in [0.25, 0.3) is 0 Å². The quantitative estimate of drug-likeness (QED) is 0.826. The van der Waals surface area contributed by atoms with Crippen LogP contribution in [0, 0.1) is 0 Å². The lowest BCUT2D eigenvalue weighted by Gasteiger charge is -2.01. The number of nitrogens with zero attached hydrogens (tertiary/aromatic N) is 1. The zero-order valence-electron chi connectivity index (χ0n) is 8.50. The van der Waals surface area contributed by atoms with E-state index in [0.29, 0.717) is 4.90 Å². The molecule has 0 aliphatic carbocycles. The van der Waals surface area contributed by atoms with Gasteiger partial charge < -0.3 is 9.08 Å². The molecule has 16 heavy (non-hydrogen) atoms. The Balaban J connectivity index is 2.04. The number of rotatable bonds is 4. The van der Waals surface area contributed by atoms with Crippen LogP contribution in [0.3, 0.4) is 0 Å². The van der Waals surface area contributed by atoms with Gasteiger partial charge in [-0.3, -0.25) is 0 Å². The van der Waals surface area contributed by atoms with E-state index < -0.39 is 11.1 Å². The molecule has 2 aromatic rings. The number of hydrogen-bond acceptors (Lipinski definition) is 3. The average Bonchev–Trinajstić information content (AvgIpc) is 2.79. The highest BCUT2D eigenvalue weighted by Crippen LogP contribution is 2.11. The SMILES string of the molecule is O=S(O)c1cccc(CCc2ccno2)c1. The van der Waals surface area contributed by atoms with Crippen molar-refractivity contribution in [3.05, 3.63) is 47.9 Å². The molecule has 0 fully saturated rings. The van der Waals surface area contributed by atoms with Gasteiger partial charge in [0.15, 0.2) is 11.1 Å². The molecule has 0 spiro atoms. The Morgan fingerprint density at radius 2 is 2.19 bits per heavy atom. The maximum absolute atomic E-state index is 10.9. The van der Waals surface area contributed by atoms with E-state index in [-0.39, 0.29) is 0 Å². The summed E-state index contributed by atoms with van der Waals surface area (Å²) in [4.78, 5) is 0.426. The third-order valence-electron chi connectivity index (χ3n) is 2.25. The largest absolute Gasteiger partial charge is 0.361 e. The maximum atomic E-state index is 10.9. The van der Waals surface area contributed by atoms with Gasteiger partial charge in [-0.2, -0.15) is 0 Å². The van der Waals surface area contributed by atoms with Gasteiger partial charge in [-0.05, 0) is 24.1 Å². The van der Waals surface area contributed by atoms with Crippen molar-refractivity contribution in [2.75, 3.05) is 0 Å². The molecule has 84 valence electrons. The van der Waals surface area contributed by atoms with E-state index in [2.05, 4.69) is 5.16 Å². The third kappa shape index (κ3) is 2.77. The highest BCUT2D eigenvalue weighted by atomic mass is 32.2. The highest BCUT2D eigenvalue weighted by Gasteiger charge is 2.02. The minimum absolute atomic E-state index is 0.426. The van der Waals surface area contributed by atoms with Gasteiger partial charge in [-0.1, -0.05) is 17.3 Å².